The first-order valence-corrected chi connectivity index (χ1v) is 9.36. The molecule has 128 valence electrons. The van der Waals surface area contributed by atoms with Crippen molar-refractivity contribution in [1.82, 2.24) is 10.2 Å². The van der Waals surface area contributed by atoms with Gasteiger partial charge in [-0.15, -0.1) is 21.5 Å². The predicted molar refractivity (Wildman–Crippen MR) is 105 cm³/mol. The summed E-state index contributed by atoms with van der Waals surface area (Å²) in [5, 5.41) is 11.1. The minimum absolute atomic E-state index is 0.159. The molecule has 5 nitrogen and oxygen atoms in total. The Labute approximate surface area is 161 Å². The topological polar surface area (TPSA) is 68.0 Å². The second-order valence-corrected chi connectivity index (χ2v) is 7.88. The van der Waals surface area contributed by atoms with Gasteiger partial charge in [0.15, 0.2) is 0 Å². The van der Waals surface area contributed by atoms with E-state index in [0.29, 0.717) is 22.3 Å². The zero-order valence-corrected chi connectivity index (χ0v) is 15.8. The molecule has 1 amide bonds. The van der Waals surface area contributed by atoms with Crippen molar-refractivity contribution in [2.24, 2.45) is 0 Å². The second kappa shape index (κ2) is 7.23. The number of carbonyl (C=O) groups is 1. The molecule has 0 bridgehead atoms. The average Bonchev–Trinajstić information content (AvgIpc) is 3.32. The zero-order chi connectivity index (χ0) is 17.9. The van der Waals surface area contributed by atoms with Crippen molar-refractivity contribution in [3.63, 3.8) is 0 Å². The van der Waals surface area contributed by atoms with Gasteiger partial charge < -0.3 is 9.73 Å². The summed E-state index contributed by atoms with van der Waals surface area (Å²) in [7, 11) is 0. The van der Waals surface area contributed by atoms with Crippen LogP contribution in [0.25, 0.3) is 22.9 Å². The molecule has 0 aliphatic rings. The highest BCUT2D eigenvalue weighted by Gasteiger charge is 2.12. The van der Waals surface area contributed by atoms with Crippen LogP contribution in [-0.4, -0.2) is 16.1 Å². The maximum absolute atomic E-state index is 12.3. The summed E-state index contributed by atoms with van der Waals surface area (Å²) in [5.74, 6) is 0.700. The largest absolute Gasteiger partial charge is 0.416 e. The fourth-order valence-corrected chi connectivity index (χ4v) is 3.68. The van der Waals surface area contributed by atoms with Gasteiger partial charge in [0.2, 0.25) is 11.8 Å². The number of thiophene rings is 1. The highest BCUT2D eigenvalue weighted by atomic mass is 79.9. The van der Waals surface area contributed by atoms with Gasteiger partial charge in [-0.25, -0.2) is 0 Å². The SMILES string of the molecule is O=C(Nc1cccc(-c2nnc(-c3ccccc3)o2)c1)c1ccc(Br)s1. The van der Waals surface area contributed by atoms with Crippen LogP contribution in [0.15, 0.2) is 74.9 Å². The summed E-state index contributed by atoms with van der Waals surface area (Å²) in [6.07, 6.45) is 0. The lowest BCUT2D eigenvalue weighted by molar-refractivity contribution is 0.103. The molecule has 2 heterocycles. The Morgan fingerprint density at radius 3 is 2.38 bits per heavy atom. The third-order valence-corrected chi connectivity index (χ3v) is 5.23. The summed E-state index contributed by atoms with van der Waals surface area (Å²) in [4.78, 5) is 12.9. The Bertz CT molecular complexity index is 1060. The summed E-state index contributed by atoms with van der Waals surface area (Å²) in [5.41, 5.74) is 2.26. The third kappa shape index (κ3) is 3.58. The zero-order valence-electron chi connectivity index (χ0n) is 13.3. The molecule has 7 heteroatoms. The molecule has 0 atom stereocenters. The van der Waals surface area contributed by atoms with Crippen molar-refractivity contribution in [3.8, 4) is 22.9 Å². The first-order chi connectivity index (χ1) is 12.7. The van der Waals surface area contributed by atoms with E-state index >= 15 is 0 Å². The van der Waals surface area contributed by atoms with Crippen molar-refractivity contribution < 1.29 is 9.21 Å². The number of benzene rings is 2. The Hall–Kier alpha value is -2.77. The number of nitrogens with zero attached hydrogens (tertiary/aromatic N) is 2. The van der Waals surface area contributed by atoms with Crippen LogP contribution >= 0.6 is 27.3 Å². The van der Waals surface area contributed by atoms with Crippen LogP contribution in [0.5, 0.6) is 0 Å². The Balaban J connectivity index is 1.56. The van der Waals surface area contributed by atoms with Gasteiger partial charge in [-0.3, -0.25) is 4.79 Å². The number of rotatable bonds is 4. The predicted octanol–water partition coefficient (Wildman–Crippen LogP) is 5.48. The van der Waals surface area contributed by atoms with Gasteiger partial charge in [-0.1, -0.05) is 24.3 Å². The van der Waals surface area contributed by atoms with Crippen LogP contribution in [0, 0.1) is 0 Å². The van der Waals surface area contributed by atoms with E-state index in [2.05, 4.69) is 31.4 Å². The summed E-state index contributed by atoms with van der Waals surface area (Å²) in [6, 6.07) is 20.5. The summed E-state index contributed by atoms with van der Waals surface area (Å²) in [6.45, 7) is 0. The molecule has 4 aromatic rings. The molecule has 0 radical (unpaired) electrons. The minimum atomic E-state index is -0.159. The average molecular weight is 426 g/mol. The minimum Gasteiger partial charge on any atom is -0.416 e. The molecule has 0 aliphatic carbocycles. The van der Waals surface area contributed by atoms with Gasteiger partial charge in [0.25, 0.3) is 5.91 Å². The van der Waals surface area contributed by atoms with E-state index in [1.54, 1.807) is 6.07 Å². The van der Waals surface area contributed by atoms with E-state index in [0.717, 1.165) is 14.9 Å². The van der Waals surface area contributed by atoms with Crippen molar-refractivity contribution in [2.75, 3.05) is 5.32 Å². The Morgan fingerprint density at radius 2 is 1.65 bits per heavy atom. The van der Waals surface area contributed by atoms with Gasteiger partial charge in [0, 0.05) is 16.8 Å². The van der Waals surface area contributed by atoms with Crippen LogP contribution < -0.4 is 5.32 Å². The van der Waals surface area contributed by atoms with Crippen molar-refractivity contribution in [2.45, 2.75) is 0 Å². The number of hydrogen-bond acceptors (Lipinski definition) is 5. The smallest absolute Gasteiger partial charge is 0.265 e. The van der Waals surface area contributed by atoms with Gasteiger partial charge in [-0.05, 0) is 58.4 Å². The van der Waals surface area contributed by atoms with Crippen LogP contribution in [0.1, 0.15) is 9.67 Å². The molecule has 0 spiro atoms. The van der Waals surface area contributed by atoms with Crippen LogP contribution in [-0.2, 0) is 0 Å². The number of carbonyl (C=O) groups excluding carboxylic acids is 1. The van der Waals surface area contributed by atoms with E-state index < -0.39 is 0 Å². The lowest BCUT2D eigenvalue weighted by Gasteiger charge is -2.04. The van der Waals surface area contributed by atoms with Crippen molar-refractivity contribution >= 4 is 38.9 Å². The van der Waals surface area contributed by atoms with Crippen LogP contribution in [0.4, 0.5) is 5.69 Å². The maximum Gasteiger partial charge on any atom is 0.265 e. The number of aromatic nitrogens is 2. The number of amides is 1. The first kappa shape index (κ1) is 16.7. The quantitative estimate of drug-likeness (QED) is 0.469. The number of halogens is 1. The van der Waals surface area contributed by atoms with E-state index in [4.69, 9.17) is 4.42 Å². The molecular weight excluding hydrogens is 414 g/mol. The molecule has 1 N–H and O–H groups in total. The molecule has 4 rings (SSSR count). The van der Waals surface area contributed by atoms with Crippen molar-refractivity contribution in [1.29, 1.82) is 0 Å². The number of nitrogens with one attached hydrogen (secondary N) is 1. The molecule has 0 fully saturated rings. The monoisotopic (exact) mass is 425 g/mol. The number of anilines is 1. The summed E-state index contributed by atoms with van der Waals surface area (Å²) < 4.78 is 6.68. The molecular formula is C19H12BrN3O2S. The Kier molecular flexibility index (Phi) is 4.64. The van der Waals surface area contributed by atoms with Gasteiger partial charge in [0.1, 0.15) is 0 Å². The van der Waals surface area contributed by atoms with Crippen LogP contribution in [0.2, 0.25) is 0 Å². The van der Waals surface area contributed by atoms with Gasteiger partial charge in [0.05, 0.1) is 8.66 Å². The number of hydrogen-bond donors (Lipinski definition) is 1. The van der Waals surface area contributed by atoms with Crippen LogP contribution in [0.3, 0.4) is 0 Å². The van der Waals surface area contributed by atoms with E-state index in [1.807, 2.05) is 60.7 Å². The van der Waals surface area contributed by atoms with E-state index in [1.165, 1.54) is 11.3 Å². The van der Waals surface area contributed by atoms with Gasteiger partial charge >= 0.3 is 0 Å². The molecule has 26 heavy (non-hydrogen) atoms. The molecule has 0 saturated carbocycles. The molecule has 0 unspecified atom stereocenters. The second-order valence-electron chi connectivity index (χ2n) is 5.42. The van der Waals surface area contributed by atoms with Gasteiger partial charge in [-0.2, -0.15) is 0 Å². The fourth-order valence-electron chi connectivity index (χ4n) is 2.40. The molecule has 0 aliphatic heterocycles. The highest BCUT2D eigenvalue weighted by molar-refractivity contribution is 9.11. The molecule has 2 aromatic heterocycles. The standard InChI is InChI=1S/C19H12BrN3O2S/c20-16-10-9-15(26-16)17(24)21-14-8-4-7-13(11-14)19-23-22-18(25-19)12-5-2-1-3-6-12/h1-11H,(H,21,24). The fraction of sp³-hybridized carbons (Fsp3) is 0. The van der Waals surface area contributed by atoms with Crippen molar-refractivity contribution in [3.05, 3.63) is 75.4 Å². The lowest BCUT2D eigenvalue weighted by atomic mass is 10.2. The lowest BCUT2D eigenvalue weighted by Crippen LogP contribution is -2.09. The van der Waals surface area contributed by atoms with E-state index in [-0.39, 0.29) is 5.91 Å². The maximum atomic E-state index is 12.3. The highest BCUT2D eigenvalue weighted by Crippen LogP contribution is 2.27. The third-order valence-electron chi connectivity index (χ3n) is 3.61. The Morgan fingerprint density at radius 1 is 0.923 bits per heavy atom. The first-order valence-electron chi connectivity index (χ1n) is 7.75. The van der Waals surface area contributed by atoms with E-state index in [9.17, 15) is 4.79 Å². The normalized spacial score (nSPS) is 10.7. The summed E-state index contributed by atoms with van der Waals surface area (Å²) >= 11 is 4.74. The molecule has 2 aromatic carbocycles. The molecule has 0 saturated heterocycles.